The molecule has 30 heavy (non-hydrogen) atoms. The highest BCUT2D eigenvalue weighted by Crippen LogP contribution is 2.55. The summed E-state index contributed by atoms with van der Waals surface area (Å²) in [5.74, 6) is 0. The second-order valence-electron chi connectivity index (χ2n) is 11.9. The molecule has 2 aromatic carbocycles. The minimum Gasteiger partial charge on any atom is -0.0804 e. The first-order chi connectivity index (χ1) is 14.1. The minimum atomic E-state index is 0.154. The van der Waals surface area contributed by atoms with Crippen molar-refractivity contribution in [2.24, 2.45) is 0 Å². The molecule has 0 heteroatoms. The molecule has 0 saturated heterocycles. The Bertz CT molecular complexity index is 1070. The Kier molecular flexibility index (Phi) is 4.27. The van der Waals surface area contributed by atoms with Crippen LogP contribution in [0.25, 0.3) is 11.1 Å². The van der Waals surface area contributed by atoms with Crippen LogP contribution in [0.5, 0.6) is 0 Å². The standard InChI is InChI=1S/C30H36/c1-28(2,3)22-13-12-20-16-26-25(24(20)17-22)18-23(29(4,5)6)19-27(26)30(14-9-15-30)21-10-7-8-11-21/h7-8,10,12-13,17-19H,9,11,14-16H2,1-6H3. The Balaban J connectivity index is 1.74. The second kappa shape index (κ2) is 6.46. The van der Waals surface area contributed by atoms with Crippen molar-refractivity contribution >= 4 is 0 Å². The summed E-state index contributed by atoms with van der Waals surface area (Å²) >= 11 is 0. The van der Waals surface area contributed by atoms with E-state index in [0.29, 0.717) is 0 Å². The van der Waals surface area contributed by atoms with Crippen LogP contribution in [0.4, 0.5) is 0 Å². The third-order valence-corrected chi connectivity index (χ3v) is 7.86. The molecule has 3 aliphatic carbocycles. The van der Waals surface area contributed by atoms with Crippen LogP contribution in [0, 0.1) is 0 Å². The third-order valence-electron chi connectivity index (χ3n) is 7.86. The predicted molar refractivity (Wildman–Crippen MR) is 129 cm³/mol. The third kappa shape index (κ3) is 2.95. The van der Waals surface area contributed by atoms with Gasteiger partial charge in [0.1, 0.15) is 0 Å². The van der Waals surface area contributed by atoms with Gasteiger partial charge in [0.25, 0.3) is 0 Å². The fourth-order valence-electron chi connectivity index (χ4n) is 5.70. The Labute approximate surface area is 183 Å². The molecule has 0 radical (unpaired) electrons. The van der Waals surface area contributed by atoms with Gasteiger partial charge in [-0.25, -0.2) is 0 Å². The van der Waals surface area contributed by atoms with Crippen LogP contribution in [-0.4, -0.2) is 0 Å². The number of fused-ring (bicyclic) bond motifs is 3. The van der Waals surface area contributed by atoms with Crippen LogP contribution < -0.4 is 0 Å². The average molecular weight is 397 g/mol. The lowest BCUT2D eigenvalue weighted by atomic mass is 9.58. The predicted octanol–water partition coefficient (Wildman–Crippen LogP) is 8.16. The first-order valence-corrected chi connectivity index (χ1v) is 11.8. The van der Waals surface area contributed by atoms with Crippen molar-refractivity contribution in [3.05, 3.63) is 82.0 Å². The Hall–Kier alpha value is -2.08. The molecule has 0 spiro atoms. The van der Waals surface area contributed by atoms with Crippen molar-refractivity contribution in [2.75, 3.05) is 0 Å². The summed E-state index contributed by atoms with van der Waals surface area (Å²) in [5.41, 5.74) is 12.9. The van der Waals surface area contributed by atoms with E-state index in [9.17, 15) is 0 Å². The molecule has 1 fully saturated rings. The van der Waals surface area contributed by atoms with Crippen molar-refractivity contribution < 1.29 is 0 Å². The molecule has 3 aliphatic rings. The summed E-state index contributed by atoms with van der Waals surface area (Å²) in [4.78, 5) is 0. The molecule has 0 unspecified atom stereocenters. The highest BCUT2D eigenvalue weighted by atomic mass is 14.5. The molecule has 0 aromatic heterocycles. The molecule has 5 rings (SSSR count). The molecule has 156 valence electrons. The maximum Gasteiger partial charge on any atom is 0.0171 e. The van der Waals surface area contributed by atoms with Gasteiger partial charge in [0, 0.05) is 5.41 Å². The Morgan fingerprint density at radius 3 is 2.07 bits per heavy atom. The van der Waals surface area contributed by atoms with E-state index in [-0.39, 0.29) is 16.2 Å². The van der Waals surface area contributed by atoms with Gasteiger partial charge in [-0.15, -0.1) is 0 Å². The van der Waals surface area contributed by atoms with Crippen molar-refractivity contribution in [2.45, 2.75) is 89.9 Å². The molecule has 0 heterocycles. The number of rotatable bonds is 2. The summed E-state index contributed by atoms with van der Waals surface area (Å²) in [6.07, 6.45) is 13.2. The zero-order valence-corrected chi connectivity index (χ0v) is 19.7. The fourth-order valence-corrected chi connectivity index (χ4v) is 5.70. The SMILES string of the molecule is CC(C)(C)c1ccc2c(c1)-c1cc(C(C)(C)C)cc(C3(C4=CC=CC4)CCC3)c1C2. The number of allylic oxidation sites excluding steroid dienone is 4. The van der Waals surface area contributed by atoms with E-state index in [1.807, 2.05) is 0 Å². The lowest BCUT2D eigenvalue weighted by Gasteiger charge is -2.46. The molecule has 0 amide bonds. The topological polar surface area (TPSA) is 0 Å². The molecule has 1 saturated carbocycles. The Morgan fingerprint density at radius 1 is 0.800 bits per heavy atom. The molecule has 0 N–H and O–H groups in total. The number of hydrogen-bond donors (Lipinski definition) is 0. The van der Waals surface area contributed by atoms with Crippen molar-refractivity contribution in [3.8, 4) is 11.1 Å². The van der Waals surface area contributed by atoms with Gasteiger partial charge in [0.05, 0.1) is 0 Å². The summed E-state index contributed by atoms with van der Waals surface area (Å²) < 4.78 is 0. The lowest BCUT2D eigenvalue weighted by molar-refractivity contribution is 0.289. The molecule has 2 aromatic rings. The van der Waals surface area contributed by atoms with E-state index < -0.39 is 0 Å². The minimum absolute atomic E-state index is 0.154. The number of hydrogen-bond acceptors (Lipinski definition) is 0. The van der Waals surface area contributed by atoms with Crippen molar-refractivity contribution in [3.63, 3.8) is 0 Å². The van der Waals surface area contributed by atoms with Crippen LogP contribution >= 0.6 is 0 Å². The average Bonchev–Trinajstić information content (AvgIpc) is 3.26. The van der Waals surface area contributed by atoms with Crippen LogP contribution in [0.1, 0.15) is 95.0 Å². The van der Waals surface area contributed by atoms with E-state index in [0.717, 1.165) is 12.8 Å². The molecular formula is C30H36. The van der Waals surface area contributed by atoms with Gasteiger partial charge in [0.2, 0.25) is 0 Å². The highest BCUT2D eigenvalue weighted by molar-refractivity contribution is 5.80. The van der Waals surface area contributed by atoms with E-state index >= 15 is 0 Å². The zero-order chi connectivity index (χ0) is 21.3. The van der Waals surface area contributed by atoms with E-state index in [1.165, 1.54) is 47.1 Å². The first-order valence-electron chi connectivity index (χ1n) is 11.8. The molecule has 0 aliphatic heterocycles. The molecule has 0 atom stereocenters. The second-order valence-corrected chi connectivity index (χ2v) is 11.9. The smallest absolute Gasteiger partial charge is 0.0171 e. The maximum absolute atomic E-state index is 2.59. The van der Waals surface area contributed by atoms with Gasteiger partial charge in [-0.3, -0.25) is 0 Å². The van der Waals surface area contributed by atoms with E-state index in [2.05, 4.69) is 90.1 Å². The summed E-state index contributed by atoms with van der Waals surface area (Å²) in [6, 6.07) is 12.4. The van der Waals surface area contributed by atoms with Crippen LogP contribution in [-0.2, 0) is 22.7 Å². The van der Waals surface area contributed by atoms with Gasteiger partial charge in [-0.2, -0.15) is 0 Å². The Morgan fingerprint density at radius 2 is 1.50 bits per heavy atom. The van der Waals surface area contributed by atoms with Crippen LogP contribution in [0.15, 0.2) is 54.1 Å². The summed E-state index contributed by atoms with van der Waals surface area (Å²) in [7, 11) is 0. The van der Waals surface area contributed by atoms with Gasteiger partial charge >= 0.3 is 0 Å². The van der Waals surface area contributed by atoms with Crippen LogP contribution in [0.3, 0.4) is 0 Å². The normalized spacial score (nSPS) is 19.3. The lowest BCUT2D eigenvalue weighted by Crippen LogP contribution is -2.37. The van der Waals surface area contributed by atoms with Gasteiger partial charge < -0.3 is 0 Å². The zero-order valence-electron chi connectivity index (χ0n) is 19.7. The monoisotopic (exact) mass is 396 g/mol. The van der Waals surface area contributed by atoms with Gasteiger partial charge in [0.15, 0.2) is 0 Å². The van der Waals surface area contributed by atoms with E-state index in [1.54, 1.807) is 16.7 Å². The molecule has 0 bridgehead atoms. The molecule has 0 nitrogen and oxygen atoms in total. The van der Waals surface area contributed by atoms with E-state index in [4.69, 9.17) is 0 Å². The van der Waals surface area contributed by atoms with Crippen molar-refractivity contribution in [1.82, 2.24) is 0 Å². The quantitative estimate of drug-likeness (QED) is 0.410. The highest BCUT2D eigenvalue weighted by Gasteiger charge is 2.44. The summed E-state index contributed by atoms with van der Waals surface area (Å²) in [5, 5.41) is 0. The number of benzene rings is 2. The van der Waals surface area contributed by atoms with Gasteiger partial charge in [-0.1, -0.05) is 102 Å². The van der Waals surface area contributed by atoms with Crippen molar-refractivity contribution in [1.29, 1.82) is 0 Å². The largest absolute Gasteiger partial charge is 0.0804 e. The van der Waals surface area contributed by atoms with Crippen LogP contribution in [0.2, 0.25) is 0 Å². The van der Waals surface area contributed by atoms with Gasteiger partial charge in [-0.05, 0) is 75.5 Å². The maximum atomic E-state index is 2.59. The summed E-state index contributed by atoms with van der Waals surface area (Å²) in [6.45, 7) is 14.1. The fraction of sp³-hybridized carbons (Fsp3) is 0.467. The molecular weight excluding hydrogens is 360 g/mol. The first kappa shape index (κ1) is 19.9.